The number of aryl methyl sites for hydroxylation is 2. The Bertz CT molecular complexity index is 724. The van der Waals surface area contributed by atoms with Gasteiger partial charge >= 0.3 is 0 Å². The third kappa shape index (κ3) is 4.03. The van der Waals surface area contributed by atoms with Gasteiger partial charge in [-0.05, 0) is 31.6 Å². The summed E-state index contributed by atoms with van der Waals surface area (Å²) in [5.41, 5.74) is 2.47. The Hall–Kier alpha value is -2.14. The number of halogens is 1. The van der Waals surface area contributed by atoms with Crippen LogP contribution < -0.4 is 0 Å². The number of likely N-dealkylation sites (N-methyl/N-ethyl adjacent to an activating group) is 1. The lowest BCUT2D eigenvalue weighted by atomic mass is 10.1. The molecule has 24 heavy (non-hydrogen) atoms. The lowest BCUT2D eigenvalue weighted by molar-refractivity contribution is -0.127. The maximum Gasteiger partial charge on any atom is 0.246 e. The molecule has 0 radical (unpaired) electrons. The zero-order valence-corrected chi connectivity index (χ0v) is 15.3. The summed E-state index contributed by atoms with van der Waals surface area (Å²) in [4.78, 5) is 18.7. The summed E-state index contributed by atoms with van der Waals surface area (Å²) >= 11 is 6.20. The largest absolute Gasteiger partial charge is 0.334 e. The predicted octanol–water partition coefficient (Wildman–Crippen LogP) is 3.79. The predicted molar refractivity (Wildman–Crippen MR) is 96.6 cm³/mol. The molecule has 0 aliphatic carbocycles. The topological polar surface area (TPSA) is 51.0 Å². The van der Waals surface area contributed by atoms with E-state index in [1.165, 1.54) is 0 Å². The van der Waals surface area contributed by atoms with E-state index in [2.05, 4.69) is 17.0 Å². The highest BCUT2D eigenvalue weighted by atomic mass is 35.5. The van der Waals surface area contributed by atoms with Gasteiger partial charge in [0.2, 0.25) is 5.91 Å². The van der Waals surface area contributed by atoms with Crippen molar-refractivity contribution in [3.63, 3.8) is 0 Å². The van der Waals surface area contributed by atoms with Crippen molar-refractivity contribution < 1.29 is 4.79 Å². The van der Waals surface area contributed by atoms with Gasteiger partial charge < -0.3 is 4.90 Å². The molecule has 1 atom stereocenters. The SMILES string of the molecule is CCC[C@H](c1ccccn1)N(C)C(=O)/C=C/c1c(C)nn(C)c1Cl. The quantitative estimate of drug-likeness (QED) is 0.748. The lowest BCUT2D eigenvalue weighted by Crippen LogP contribution is -2.30. The minimum atomic E-state index is -0.0848. The van der Waals surface area contributed by atoms with Crippen molar-refractivity contribution in [2.75, 3.05) is 7.05 Å². The van der Waals surface area contributed by atoms with E-state index in [-0.39, 0.29) is 11.9 Å². The summed E-state index contributed by atoms with van der Waals surface area (Å²) in [7, 11) is 3.58. The molecule has 0 saturated heterocycles. The van der Waals surface area contributed by atoms with Crippen molar-refractivity contribution in [1.29, 1.82) is 0 Å². The first-order chi connectivity index (χ1) is 11.5. The molecular formula is C18H23ClN4O. The van der Waals surface area contributed by atoms with Crippen molar-refractivity contribution in [3.05, 3.63) is 52.6 Å². The van der Waals surface area contributed by atoms with Crippen molar-refractivity contribution >= 4 is 23.6 Å². The van der Waals surface area contributed by atoms with Crippen molar-refractivity contribution in [2.24, 2.45) is 7.05 Å². The fourth-order valence-corrected chi connectivity index (χ4v) is 2.89. The first-order valence-corrected chi connectivity index (χ1v) is 8.38. The molecule has 2 rings (SSSR count). The standard InChI is InChI=1S/C18H23ClN4O/c1-5-8-16(15-9-6-7-12-20-15)22(3)17(24)11-10-14-13(2)21-23(4)18(14)19/h6-7,9-12,16H,5,8H2,1-4H3/b11-10+/t16-/m1/s1. The number of hydrogen-bond acceptors (Lipinski definition) is 3. The van der Waals surface area contributed by atoms with Gasteiger partial charge in [0.15, 0.2) is 0 Å². The van der Waals surface area contributed by atoms with Gasteiger partial charge in [0.25, 0.3) is 0 Å². The second-order valence-corrected chi connectivity index (χ2v) is 6.11. The lowest BCUT2D eigenvalue weighted by Gasteiger charge is -2.26. The molecule has 0 fully saturated rings. The van der Waals surface area contributed by atoms with Gasteiger partial charge in [0, 0.05) is 31.9 Å². The monoisotopic (exact) mass is 346 g/mol. The van der Waals surface area contributed by atoms with Crippen molar-refractivity contribution in [2.45, 2.75) is 32.7 Å². The van der Waals surface area contributed by atoms with Crippen LogP contribution in [0.4, 0.5) is 0 Å². The molecule has 0 N–H and O–H groups in total. The number of aromatic nitrogens is 3. The fourth-order valence-electron chi connectivity index (χ4n) is 2.65. The number of amides is 1. The maximum atomic E-state index is 12.6. The molecule has 0 aliphatic heterocycles. The Balaban J connectivity index is 2.19. The summed E-state index contributed by atoms with van der Waals surface area (Å²) in [5.74, 6) is -0.0848. The molecule has 2 aromatic rings. The highest BCUT2D eigenvalue weighted by Crippen LogP contribution is 2.24. The van der Waals surface area contributed by atoms with Gasteiger partial charge in [0.1, 0.15) is 5.15 Å². The average Bonchev–Trinajstić information content (AvgIpc) is 2.83. The van der Waals surface area contributed by atoms with Crippen LogP contribution in [0.15, 0.2) is 30.5 Å². The van der Waals surface area contributed by atoms with Crippen LogP contribution in [0.5, 0.6) is 0 Å². The Morgan fingerprint density at radius 3 is 2.75 bits per heavy atom. The van der Waals surface area contributed by atoms with Crippen LogP contribution >= 0.6 is 11.6 Å². The first kappa shape index (κ1) is 18.2. The van der Waals surface area contributed by atoms with Crippen LogP contribution in [-0.4, -0.2) is 32.6 Å². The fraction of sp³-hybridized carbons (Fsp3) is 0.389. The number of carbonyl (C=O) groups is 1. The third-order valence-corrected chi connectivity index (χ3v) is 4.44. The van der Waals surface area contributed by atoms with Gasteiger partial charge in [-0.15, -0.1) is 0 Å². The van der Waals surface area contributed by atoms with E-state index < -0.39 is 0 Å². The van der Waals surface area contributed by atoms with E-state index in [1.54, 1.807) is 42.0 Å². The number of hydrogen-bond donors (Lipinski definition) is 0. The summed E-state index contributed by atoms with van der Waals surface area (Å²) in [6, 6.07) is 5.73. The van der Waals surface area contributed by atoms with Crippen molar-refractivity contribution in [1.82, 2.24) is 19.7 Å². The Kier molecular flexibility index (Phi) is 6.15. The zero-order chi connectivity index (χ0) is 17.7. The molecule has 0 spiro atoms. The van der Waals surface area contributed by atoms with Crippen LogP contribution in [0.1, 0.15) is 42.8 Å². The minimum Gasteiger partial charge on any atom is -0.334 e. The molecule has 5 nitrogen and oxygen atoms in total. The third-order valence-electron chi connectivity index (χ3n) is 4.00. The molecular weight excluding hydrogens is 324 g/mol. The molecule has 0 aromatic carbocycles. The summed E-state index contributed by atoms with van der Waals surface area (Å²) in [6.07, 6.45) is 6.85. The van der Waals surface area contributed by atoms with Gasteiger partial charge in [-0.1, -0.05) is 31.0 Å². The van der Waals surface area contributed by atoms with Gasteiger partial charge in [-0.3, -0.25) is 14.5 Å². The summed E-state index contributed by atoms with van der Waals surface area (Å²) in [5, 5.41) is 4.77. The summed E-state index contributed by atoms with van der Waals surface area (Å²) < 4.78 is 1.60. The minimum absolute atomic E-state index is 0.0428. The Morgan fingerprint density at radius 2 is 2.21 bits per heavy atom. The normalized spacial score (nSPS) is 12.5. The number of carbonyl (C=O) groups excluding carboxylic acids is 1. The van der Waals surface area contributed by atoms with E-state index >= 15 is 0 Å². The second kappa shape index (κ2) is 8.11. The molecule has 6 heteroatoms. The molecule has 0 unspecified atom stereocenters. The van der Waals surface area contributed by atoms with E-state index in [9.17, 15) is 4.79 Å². The molecule has 128 valence electrons. The molecule has 0 saturated carbocycles. The smallest absolute Gasteiger partial charge is 0.246 e. The van der Waals surface area contributed by atoms with Gasteiger partial charge in [0.05, 0.1) is 17.4 Å². The van der Waals surface area contributed by atoms with E-state index in [1.807, 2.05) is 25.1 Å². The average molecular weight is 347 g/mol. The van der Waals surface area contributed by atoms with Gasteiger partial charge in [-0.2, -0.15) is 5.10 Å². The van der Waals surface area contributed by atoms with Crippen LogP contribution in [0.25, 0.3) is 6.08 Å². The summed E-state index contributed by atoms with van der Waals surface area (Å²) in [6.45, 7) is 3.97. The molecule has 2 aromatic heterocycles. The van der Waals surface area contributed by atoms with Crippen LogP contribution in [-0.2, 0) is 11.8 Å². The highest BCUT2D eigenvalue weighted by Gasteiger charge is 2.20. The number of rotatable bonds is 6. The van der Waals surface area contributed by atoms with Gasteiger partial charge in [-0.25, -0.2) is 0 Å². The molecule has 0 bridgehead atoms. The van der Waals surface area contributed by atoms with Crippen LogP contribution in [0, 0.1) is 6.92 Å². The highest BCUT2D eigenvalue weighted by molar-refractivity contribution is 6.31. The van der Waals surface area contributed by atoms with Crippen molar-refractivity contribution in [3.8, 4) is 0 Å². The van der Waals surface area contributed by atoms with Crippen LogP contribution in [0.2, 0.25) is 5.15 Å². The number of pyridine rings is 1. The Morgan fingerprint density at radius 1 is 1.46 bits per heavy atom. The molecule has 1 amide bonds. The Labute approximate surface area is 147 Å². The second-order valence-electron chi connectivity index (χ2n) is 5.76. The van der Waals surface area contributed by atoms with E-state index in [0.717, 1.165) is 29.8 Å². The molecule has 2 heterocycles. The zero-order valence-electron chi connectivity index (χ0n) is 14.5. The van der Waals surface area contributed by atoms with E-state index in [0.29, 0.717) is 5.15 Å². The molecule has 0 aliphatic rings. The number of nitrogens with zero attached hydrogens (tertiary/aromatic N) is 4. The first-order valence-electron chi connectivity index (χ1n) is 8.00. The van der Waals surface area contributed by atoms with Crippen LogP contribution in [0.3, 0.4) is 0 Å². The maximum absolute atomic E-state index is 12.6. The van der Waals surface area contributed by atoms with E-state index in [4.69, 9.17) is 11.6 Å².